The zero-order valence-corrected chi connectivity index (χ0v) is 21.6. The second-order valence-corrected chi connectivity index (χ2v) is 10.4. The SMILES string of the molecule is CC(Oc1ccc(Cl)cn1)[C@H]1CN(C(=O)C2CCN(c3cnccn3)CC2)C[C@@H]1c1ccc(Cl)cc1. The lowest BCUT2D eigenvalue weighted by Crippen LogP contribution is -2.42. The standard InChI is InChI=1S/C27H29Cl2N5O2/c1-18(36-26-7-6-22(29)14-32-26)23-16-34(17-24(23)19-2-4-21(28)5-3-19)27(35)20-8-12-33(13-9-20)25-15-30-10-11-31-25/h2-7,10-11,14-15,18,20,23-24H,8-9,12-13,16-17H2,1H3/t18?,23-,24-/m1/s1. The third kappa shape index (κ3) is 5.57. The number of hydrogen-bond donors (Lipinski definition) is 0. The van der Waals surface area contributed by atoms with Crippen molar-refractivity contribution in [3.63, 3.8) is 0 Å². The average molecular weight is 526 g/mol. The molecule has 1 unspecified atom stereocenters. The molecule has 2 aliphatic rings. The molecule has 0 bridgehead atoms. The smallest absolute Gasteiger partial charge is 0.225 e. The van der Waals surface area contributed by atoms with Gasteiger partial charge >= 0.3 is 0 Å². The van der Waals surface area contributed by atoms with Gasteiger partial charge in [0.15, 0.2) is 0 Å². The molecule has 2 aromatic heterocycles. The Balaban J connectivity index is 1.28. The van der Waals surface area contributed by atoms with Gasteiger partial charge in [0.1, 0.15) is 11.9 Å². The number of carbonyl (C=O) groups is 1. The van der Waals surface area contributed by atoms with Crippen molar-refractivity contribution < 1.29 is 9.53 Å². The molecule has 0 spiro atoms. The molecular formula is C27H29Cl2N5O2. The highest BCUT2D eigenvalue weighted by Crippen LogP contribution is 2.38. The van der Waals surface area contributed by atoms with E-state index in [9.17, 15) is 4.79 Å². The lowest BCUT2D eigenvalue weighted by atomic mass is 9.86. The molecule has 3 atom stereocenters. The van der Waals surface area contributed by atoms with Gasteiger partial charge in [-0.25, -0.2) is 9.97 Å². The van der Waals surface area contributed by atoms with E-state index in [1.807, 2.05) is 17.0 Å². The monoisotopic (exact) mass is 525 g/mol. The molecule has 9 heteroatoms. The number of rotatable bonds is 6. The fourth-order valence-electron chi connectivity index (χ4n) is 5.33. The summed E-state index contributed by atoms with van der Waals surface area (Å²) in [6.07, 6.45) is 8.21. The van der Waals surface area contributed by atoms with Crippen LogP contribution in [-0.2, 0) is 4.79 Å². The Morgan fingerprint density at radius 3 is 2.39 bits per heavy atom. The van der Waals surface area contributed by atoms with Gasteiger partial charge in [0.25, 0.3) is 0 Å². The minimum atomic E-state index is -0.143. The molecule has 36 heavy (non-hydrogen) atoms. The van der Waals surface area contributed by atoms with E-state index in [0.717, 1.165) is 37.3 Å². The quantitative estimate of drug-likeness (QED) is 0.445. The van der Waals surface area contributed by atoms with Crippen LogP contribution in [0.4, 0.5) is 5.82 Å². The third-order valence-corrected chi connectivity index (χ3v) is 7.78. The van der Waals surface area contributed by atoms with Crippen molar-refractivity contribution in [1.82, 2.24) is 19.9 Å². The van der Waals surface area contributed by atoms with Gasteiger partial charge in [0.05, 0.1) is 11.2 Å². The number of hydrogen-bond acceptors (Lipinski definition) is 6. The molecule has 0 saturated carbocycles. The summed E-state index contributed by atoms with van der Waals surface area (Å²) in [5, 5.41) is 1.27. The van der Waals surface area contributed by atoms with E-state index in [4.69, 9.17) is 27.9 Å². The Hall–Kier alpha value is -2.90. The number of likely N-dealkylation sites (tertiary alicyclic amines) is 1. The summed E-state index contributed by atoms with van der Waals surface area (Å²) >= 11 is 12.1. The summed E-state index contributed by atoms with van der Waals surface area (Å²) in [6.45, 7) is 4.96. The van der Waals surface area contributed by atoms with Gasteiger partial charge in [0, 0.05) is 73.6 Å². The maximum Gasteiger partial charge on any atom is 0.225 e. The first kappa shape index (κ1) is 24.8. The van der Waals surface area contributed by atoms with Crippen LogP contribution in [0, 0.1) is 11.8 Å². The van der Waals surface area contributed by atoms with Crippen molar-refractivity contribution in [2.75, 3.05) is 31.1 Å². The molecule has 1 amide bonds. The normalized spacial score (nSPS) is 21.4. The van der Waals surface area contributed by atoms with Crippen LogP contribution in [0.5, 0.6) is 5.88 Å². The van der Waals surface area contributed by atoms with Crippen molar-refractivity contribution in [1.29, 1.82) is 0 Å². The van der Waals surface area contributed by atoms with Crippen molar-refractivity contribution in [3.8, 4) is 5.88 Å². The van der Waals surface area contributed by atoms with Crippen LogP contribution in [0.15, 0.2) is 61.2 Å². The van der Waals surface area contributed by atoms with E-state index in [-0.39, 0.29) is 29.8 Å². The number of carbonyl (C=O) groups excluding carboxylic acids is 1. The summed E-state index contributed by atoms with van der Waals surface area (Å²) in [5.74, 6) is 1.90. The molecule has 4 heterocycles. The van der Waals surface area contributed by atoms with E-state index in [0.29, 0.717) is 29.0 Å². The Labute approximate surface area is 221 Å². The number of piperidine rings is 1. The number of aromatic nitrogens is 3. The molecule has 0 aliphatic carbocycles. The van der Waals surface area contributed by atoms with Crippen LogP contribution in [0.1, 0.15) is 31.2 Å². The molecular weight excluding hydrogens is 497 g/mol. The average Bonchev–Trinajstić information content (AvgIpc) is 3.36. The maximum atomic E-state index is 13.6. The first-order valence-corrected chi connectivity index (χ1v) is 13.1. The number of halogens is 2. The largest absolute Gasteiger partial charge is 0.474 e. The van der Waals surface area contributed by atoms with E-state index in [1.54, 1.807) is 36.9 Å². The van der Waals surface area contributed by atoms with Gasteiger partial charge in [-0.2, -0.15) is 0 Å². The number of benzene rings is 1. The number of ether oxygens (including phenoxy) is 1. The Bertz CT molecular complexity index is 1160. The van der Waals surface area contributed by atoms with Crippen molar-refractivity contribution in [3.05, 3.63) is 76.8 Å². The minimum Gasteiger partial charge on any atom is -0.474 e. The summed E-state index contributed by atoms with van der Waals surface area (Å²) in [6, 6.07) is 11.5. The molecule has 3 aromatic rings. The molecule has 7 nitrogen and oxygen atoms in total. The molecule has 0 N–H and O–H groups in total. The number of nitrogens with zero attached hydrogens (tertiary/aromatic N) is 5. The second kappa shape index (κ2) is 11.0. The lowest BCUT2D eigenvalue weighted by molar-refractivity contribution is -0.135. The number of anilines is 1. The van der Waals surface area contributed by atoms with Gasteiger partial charge in [0.2, 0.25) is 11.8 Å². The van der Waals surface area contributed by atoms with Crippen molar-refractivity contribution in [2.24, 2.45) is 11.8 Å². The predicted molar refractivity (Wildman–Crippen MR) is 141 cm³/mol. The highest BCUT2D eigenvalue weighted by Gasteiger charge is 2.42. The van der Waals surface area contributed by atoms with Crippen LogP contribution in [0.2, 0.25) is 10.0 Å². The molecule has 0 radical (unpaired) electrons. The van der Waals surface area contributed by atoms with E-state index in [2.05, 4.69) is 38.9 Å². The predicted octanol–water partition coefficient (Wildman–Crippen LogP) is 5.10. The van der Waals surface area contributed by atoms with Crippen molar-refractivity contribution in [2.45, 2.75) is 31.8 Å². The third-order valence-electron chi connectivity index (χ3n) is 7.30. The molecule has 2 saturated heterocycles. The highest BCUT2D eigenvalue weighted by atomic mass is 35.5. The summed E-state index contributed by atoms with van der Waals surface area (Å²) < 4.78 is 6.21. The number of amides is 1. The van der Waals surface area contributed by atoms with E-state index < -0.39 is 0 Å². The maximum absolute atomic E-state index is 13.6. The zero-order chi connectivity index (χ0) is 25.1. The minimum absolute atomic E-state index is 0.0108. The molecule has 188 valence electrons. The van der Waals surface area contributed by atoms with Crippen LogP contribution in [-0.4, -0.2) is 58.0 Å². The number of pyridine rings is 1. The molecule has 5 rings (SSSR count). The topological polar surface area (TPSA) is 71.5 Å². The first-order valence-electron chi connectivity index (χ1n) is 12.3. The van der Waals surface area contributed by atoms with Crippen LogP contribution < -0.4 is 9.64 Å². The van der Waals surface area contributed by atoms with Gasteiger partial charge in [-0.15, -0.1) is 0 Å². The Morgan fingerprint density at radius 2 is 1.72 bits per heavy atom. The second-order valence-electron chi connectivity index (χ2n) is 9.53. The van der Waals surface area contributed by atoms with Crippen LogP contribution in [0.25, 0.3) is 0 Å². The lowest BCUT2D eigenvalue weighted by Gasteiger charge is -2.33. The summed E-state index contributed by atoms with van der Waals surface area (Å²) in [4.78, 5) is 30.7. The van der Waals surface area contributed by atoms with Crippen LogP contribution >= 0.6 is 23.2 Å². The van der Waals surface area contributed by atoms with Crippen molar-refractivity contribution >= 4 is 34.9 Å². The van der Waals surface area contributed by atoms with E-state index in [1.165, 1.54) is 0 Å². The summed E-state index contributed by atoms with van der Waals surface area (Å²) in [5.41, 5.74) is 1.16. The molecule has 1 aromatic carbocycles. The first-order chi connectivity index (χ1) is 17.5. The van der Waals surface area contributed by atoms with E-state index >= 15 is 0 Å². The van der Waals surface area contributed by atoms with Gasteiger partial charge < -0.3 is 14.5 Å². The van der Waals surface area contributed by atoms with Gasteiger partial charge in [-0.05, 0) is 43.5 Å². The van der Waals surface area contributed by atoms with Crippen LogP contribution in [0.3, 0.4) is 0 Å². The highest BCUT2D eigenvalue weighted by molar-refractivity contribution is 6.30. The Kier molecular flexibility index (Phi) is 7.58. The van der Waals surface area contributed by atoms with Gasteiger partial charge in [-0.1, -0.05) is 35.3 Å². The fraction of sp³-hybridized carbons (Fsp3) is 0.407. The Morgan fingerprint density at radius 1 is 0.972 bits per heavy atom. The zero-order valence-electron chi connectivity index (χ0n) is 20.1. The molecule has 2 fully saturated rings. The fourth-order valence-corrected chi connectivity index (χ4v) is 5.56. The van der Waals surface area contributed by atoms with Gasteiger partial charge in [-0.3, -0.25) is 9.78 Å². The molecule has 2 aliphatic heterocycles. The summed E-state index contributed by atoms with van der Waals surface area (Å²) in [7, 11) is 0.